The quantitative estimate of drug-likeness (QED) is 0.371. The maximum Gasteiger partial charge on any atom is 0.0575 e. The zero-order chi connectivity index (χ0) is 21.1. The van der Waals surface area contributed by atoms with E-state index < -0.39 is 0 Å². The molecule has 0 saturated carbocycles. The molecular formula is C27H42N2. The van der Waals surface area contributed by atoms with Gasteiger partial charge in [0.1, 0.15) is 0 Å². The first kappa shape index (κ1) is 23.6. The van der Waals surface area contributed by atoms with E-state index in [1.165, 1.54) is 43.2 Å². The highest BCUT2D eigenvalue weighted by Gasteiger charge is 2.33. The van der Waals surface area contributed by atoms with E-state index in [0.29, 0.717) is 18.2 Å². The van der Waals surface area contributed by atoms with Crippen LogP contribution in [0.25, 0.3) is 0 Å². The molecule has 0 saturated heterocycles. The van der Waals surface area contributed by atoms with Crippen LogP contribution in [-0.2, 0) is 5.41 Å². The van der Waals surface area contributed by atoms with E-state index in [1.54, 1.807) is 0 Å². The predicted octanol–water partition coefficient (Wildman–Crippen LogP) is 6.66. The second kappa shape index (κ2) is 12.1. The average Bonchev–Trinajstić information content (AvgIpc) is 2.71. The molecule has 0 radical (unpaired) electrons. The number of nitrogens with one attached hydrogen (secondary N) is 2. The zero-order valence-electron chi connectivity index (χ0n) is 19.2. The fourth-order valence-corrected chi connectivity index (χ4v) is 4.49. The van der Waals surface area contributed by atoms with Crippen LogP contribution in [0.5, 0.6) is 0 Å². The Hall–Kier alpha value is -1.64. The largest absolute Gasteiger partial charge is 0.300 e. The summed E-state index contributed by atoms with van der Waals surface area (Å²) >= 11 is 0. The second-order valence-electron chi connectivity index (χ2n) is 9.01. The second-order valence-corrected chi connectivity index (χ2v) is 9.01. The average molecular weight is 395 g/mol. The molecule has 0 spiro atoms. The molecule has 0 aliphatic carbocycles. The van der Waals surface area contributed by atoms with Crippen molar-refractivity contribution in [3.8, 4) is 0 Å². The first-order valence-electron chi connectivity index (χ1n) is 11.6. The van der Waals surface area contributed by atoms with Gasteiger partial charge in [-0.2, -0.15) is 0 Å². The van der Waals surface area contributed by atoms with Gasteiger partial charge in [-0.05, 0) is 64.5 Å². The summed E-state index contributed by atoms with van der Waals surface area (Å²) in [6.45, 7) is 11.2. The summed E-state index contributed by atoms with van der Waals surface area (Å²) in [6.07, 6.45) is 7.57. The molecule has 2 aromatic rings. The summed E-state index contributed by atoms with van der Waals surface area (Å²) < 4.78 is 0. The standard InChI is InChI=1S/C27H42N2/c1-6-7-20-27(24-15-10-8-11-16-24,25-17-12-9-13-18-25)21-14-19-26(28-22(2)3)29-23(4)5/h8-13,15-18,22-23,26,28-29H,6-7,14,19-21H2,1-5H3. The van der Waals surface area contributed by atoms with Crippen LogP contribution in [0, 0.1) is 0 Å². The summed E-state index contributed by atoms with van der Waals surface area (Å²) in [7, 11) is 0. The molecule has 2 aromatic carbocycles. The van der Waals surface area contributed by atoms with Crippen LogP contribution in [0.4, 0.5) is 0 Å². The first-order valence-corrected chi connectivity index (χ1v) is 11.6. The van der Waals surface area contributed by atoms with Gasteiger partial charge in [-0.3, -0.25) is 10.6 Å². The molecule has 0 aliphatic heterocycles. The van der Waals surface area contributed by atoms with Crippen molar-refractivity contribution < 1.29 is 0 Å². The number of unbranched alkanes of at least 4 members (excludes halogenated alkanes) is 1. The molecule has 2 rings (SSSR count). The molecule has 0 bridgehead atoms. The van der Waals surface area contributed by atoms with Gasteiger partial charge in [0.25, 0.3) is 0 Å². The summed E-state index contributed by atoms with van der Waals surface area (Å²) in [4.78, 5) is 0. The lowest BCUT2D eigenvalue weighted by Gasteiger charge is -2.36. The lowest BCUT2D eigenvalue weighted by Crippen LogP contribution is -2.48. The van der Waals surface area contributed by atoms with Crippen LogP contribution in [0.2, 0.25) is 0 Å². The molecule has 0 unspecified atom stereocenters. The number of benzene rings is 2. The van der Waals surface area contributed by atoms with Gasteiger partial charge < -0.3 is 0 Å². The van der Waals surface area contributed by atoms with Crippen LogP contribution < -0.4 is 10.6 Å². The molecule has 2 N–H and O–H groups in total. The Balaban J connectivity index is 2.27. The molecule has 0 fully saturated rings. The van der Waals surface area contributed by atoms with Crippen LogP contribution in [0.15, 0.2) is 60.7 Å². The third-order valence-electron chi connectivity index (χ3n) is 5.78. The summed E-state index contributed by atoms with van der Waals surface area (Å²) in [5.41, 5.74) is 3.02. The fourth-order valence-electron chi connectivity index (χ4n) is 4.49. The van der Waals surface area contributed by atoms with E-state index >= 15 is 0 Å². The van der Waals surface area contributed by atoms with Gasteiger partial charge >= 0.3 is 0 Å². The summed E-state index contributed by atoms with van der Waals surface area (Å²) in [6, 6.07) is 23.4. The van der Waals surface area contributed by atoms with E-state index in [-0.39, 0.29) is 5.41 Å². The van der Waals surface area contributed by atoms with E-state index in [1.807, 2.05) is 0 Å². The van der Waals surface area contributed by atoms with Crippen molar-refractivity contribution >= 4 is 0 Å². The van der Waals surface area contributed by atoms with Crippen LogP contribution in [-0.4, -0.2) is 18.2 Å². The number of hydrogen-bond donors (Lipinski definition) is 2. The van der Waals surface area contributed by atoms with E-state index in [9.17, 15) is 0 Å². The Morgan fingerprint density at radius 2 is 1.14 bits per heavy atom. The third kappa shape index (κ3) is 7.28. The van der Waals surface area contributed by atoms with Crippen molar-refractivity contribution in [2.24, 2.45) is 0 Å². The Kier molecular flexibility index (Phi) is 9.90. The molecule has 0 heterocycles. The lowest BCUT2D eigenvalue weighted by molar-refractivity contribution is 0.319. The highest BCUT2D eigenvalue weighted by Crippen LogP contribution is 2.41. The first-order chi connectivity index (χ1) is 14.0. The normalized spacial score (nSPS) is 12.3. The van der Waals surface area contributed by atoms with Crippen molar-refractivity contribution in [3.63, 3.8) is 0 Å². The topological polar surface area (TPSA) is 24.1 Å². The number of hydrogen-bond acceptors (Lipinski definition) is 2. The van der Waals surface area contributed by atoms with Crippen molar-refractivity contribution in [1.82, 2.24) is 10.6 Å². The molecule has 0 amide bonds. The molecule has 2 heteroatoms. The zero-order valence-corrected chi connectivity index (χ0v) is 19.2. The lowest BCUT2D eigenvalue weighted by atomic mass is 9.68. The van der Waals surface area contributed by atoms with E-state index in [2.05, 4.69) is 106 Å². The van der Waals surface area contributed by atoms with Gasteiger partial charge in [0.2, 0.25) is 0 Å². The minimum Gasteiger partial charge on any atom is -0.300 e. The highest BCUT2D eigenvalue weighted by molar-refractivity contribution is 5.39. The smallest absolute Gasteiger partial charge is 0.0575 e. The summed E-state index contributed by atoms with van der Waals surface area (Å²) in [5.74, 6) is 0. The minimum absolute atomic E-state index is 0.0960. The molecule has 0 atom stereocenters. The summed E-state index contributed by atoms with van der Waals surface area (Å²) in [5, 5.41) is 7.42. The molecule has 160 valence electrons. The molecule has 29 heavy (non-hydrogen) atoms. The monoisotopic (exact) mass is 394 g/mol. The Bertz CT molecular complexity index is 614. The molecular weight excluding hydrogens is 352 g/mol. The minimum atomic E-state index is 0.0960. The van der Waals surface area contributed by atoms with Gasteiger partial charge in [0.15, 0.2) is 0 Å². The SMILES string of the molecule is CCCCC(CCCC(NC(C)C)NC(C)C)(c1ccccc1)c1ccccc1. The number of rotatable bonds is 13. The van der Waals surface area contributed by atoms with Gasteiger partial charge in [0, 0.05) is 17.5 Å². The van der Waals surface area contributed by atoms with Gasteiger partial charge in [-0.15, -0.1) is 0 Å². The highest BCUT2D eigenvalue weighted by atomic mass is 15.1. The molecule has 2 nitrogen and oxygen atoms in total. The van der Waals surface area contributed by atoms with Gasteiger partial charge in [0.05, 0.1) is 6.17 Å². The van der Waals surface area contributed by atoms with Gasteiger partial charge in [-0.25, -0.2) is 0 Å². The maximum absolute atomic E-state index is 3.71. The van der Waals surface area contributed by atoms with Crippen molar-refractivity contribution in [1.29, 1.82) is 0 Å². The van der Waals surface area contributed by atoms with Crippen molar-refractivity contribution in [2.75, 3.05) is 0 Å². The van der Waals surface area contributed by atoms with Crippen LogP contribution in [0.1, 0.15) is 84.3 Å². The Morgan fingerprint density at radius 1 is 0.690 bits per heavy atom. The van der Waals surface area contributed by atoms with Crippen molar-refractivity contribution in [2.45, 2.75) is 96.8 Å². The predicted molar refractivity (Wildman–Crippen MR) is 127 cm³/mol. The van der Waals surface area contributed by atoms with E-state index in [0.717, 1.165) is 6.42 Å². The van der Waals surface area contributed by atoms with Crippen LogP contribution in [0.3, 0.4) is 0 Å². The van der Waals surface area contributed by atoms with Crippen molar-refractivity contribution in [3.05, 3.63) is 71.8 Å². The van der Waals surface area contributed by atoms with Gasteiger partial charge in [-0.1, -0.05) is 80.4 Å². The Morgan fingerprint density at radius 3 is 1.55 bits per heavy atom. The van der Waals surface area contributed by atoms with Crippen LogP contribution >= 0.6 is 0 Å². The Labute approximate surface area is 179 Å². The molecule has 0 aromatic heterocycles. The fraction of sp³-hybridized carbons (Fsp3) is 0.556. The molecule has 0 aliphatic rings. The third-order valence-corrected chi connectivity index (χ3v) is 5.78. The van der Waals surface area contributed by atoms with E-state index in [4.69, 9.17) is 0 Å². The maximum atomic E-state index is 3.71.